The van der Waals surface area contributed by atoms with Crippen molar-refractivity contribution in [2.45, 2.75) is 75.0 Å². The van der Waals surface area contributed by atoms with E-state index >= 15 is 0 Å². The van der Waals surface area contributed by atoms with Gasteiger partial charge in [0.1, 0.15) is 0 Å². The van der Waals surface area contributed by atoms with E-state index < -0.39 is 0 Å². The molecule has 8 aromatic carbocycles. The number of aromatic nitrogens is 1. The van der Waals surface area contributed by atoms with Gasteiger partial charge in [0.2, 0.25) is 0 Å². The highest BCUT2D eigenvalue weighted by Gasteiger charge is 2.62. The number of benzene rings is 8. The van der Waals surface area contributed by atoms with Crippen LogP contribution in [0, 0.1) is 29.6 Å². The maximum atomic E-state index is 2.64. The highest BCUT2D eigenvalue weighted by Crippen LogP contribution is 2.69. The smallest absolute Gasteiger partial charge is 0.0561 e. The third-order valence-electron chi connectivity index (χ3n) is 18.6. The van der Waals surface area contributed by atoms with E-state index in [1.807, 2.05) is 0 Å². The quantitative estimate of drug-likeness (QED) is 0.151. The molecule has 7 atom stereocenters. The molecule has 6 aliphatic rings. The second kappa shape index (κ2) is 14.8. The van der Waals surface area contributed by atoms with E-state index in [-0.39, 0.29) is 5.41 Å². The molecule has 0 saturated heterocycles. The van der Waals surface area contributed by atoms with Gasteiger partial charge in [0, 0.05) is 44.6 Å². The summed E-state index contributed by atoms with van der Waals surface area (Å²) in [6.45, 7) is 0. The zero-order valence-electron chi connectivity index (χ0n) is 38.8. The monoisotopic (exact) mass is 879 g/mol. The Morgan fingerprint density at radius 2 is 0.956 bits per heavy atom. The van der Waals surface area contributed by atoms with Crippen molar-refractivity contribution >= 4 is 55.9 Å². The molecular formula is C65H57N3. The average Bonchev–Trinajstić information content (AvgIpc) is 4.14. The van der Waals surface area contributed by atoms with Gasteiger partial charge in [0.15, 0.2) is 0 Å². The molecule has 9 aromatic rings. The summed E-state index contributed by atoms with van der Waals surface area (Å²) in [5.74, 6) is 3.78. The van der Waals surface area contributed by atoms with Crippen molar-refractivity contribution in [2.75, 3.05) is 9.80 Å². The third kappa shape index (κ3) is 5.48. The predicted molar refractivity (Wildman–Crippen MR) is 281 cm³/mol. The minimum Gasteiger partial charge on any atom is -0.310 e. The maximum absolute atomic E-state index is 2.64. The molecule has 1 spiro atoms. The Hall–Kier alpha value is -6.84. The zero-order valence-corrected chi connectivity index (χ0v) is 38.8. The van der Waals surface area contributed by atoms with E-state index in [9.17, 15) is 0 Å². The highest BCUT2D eigenvalue weighted by molar-refractivity contribution is 6.10. The van der Waals surface area contributed by atoms with Crippen molar-refractivity contribution in [1.29, 1.82) is 0 Å². The number of nitrogens with zero attached hydrogens (tertiary/aromatic N) is 3. The minimum atomic E-state index is -0.125. The average molecular weight is 880 g/mol. The summed E-state index contributed by atoms with van der Waals surface area (Å²) >= 11 is 0. The summed E-state index contributed by atoms with van der Waals surface area (Å²) < 4.78 is 2.46. The summed E-state index contributed by atoms with van der Waals surface area (Å²) in [5, 5.41) is 2.55. The number of rotatable bonds is 8. The van der Waals surface area contributed by atoms with Crippen LogP contribution in [0.25, 0.3) is 27.5 Å². The lowest BCUT2D eigenvalue weighted by Gasteiger charge is -2.46. The summed E-state index contributed by atoms with van der Waals surface area (Å²) in [5.41, 5.74) is 19.2. The molecular weight excluding hydrogens is 823 g/mol. The molecule has 68 heavy (non-hydrogen) atoms. The van der Waals surface area contributed by atoms with Crippen LogP contribution in [-0.4, -0.2) is 4.57 Å². The molecule has 4 fully saturated rings. The van der Waals surface area contributed by atoms with Crippen LogP contribution in [0.4, 0.5) is 34.1 Å². The van der Waals surface area contributed by atoms with Crippen LogP contribution in [-0.2, 0) is 23.7 Å². The van der Waals surface area contributed by atoms with Crippen molar-refractivity contribution in [3.63, 3.8) is 0 Å². The van der Waals surface area contributed by atoms with Crippen molar-refractivity contribution < 1.29 is 0 Å². The molecule has 1 heterocycles. The maximum Gasteiger partial charge on any atom is 0.0561 e. The summed E-state index contributed by atoms with van der Waals surface area (Å²) in [7, 11) is 0. The fourth-order valence-electron chi connectivity index (χ4n) is 16.3. The van der Waals surface area contributed by atoms with Gasteiger partial charge in [-0.3, -0.25) is 0 Å². The lowest BCUT2D eigenvalue weighted by Crippen LogP contribution is -2.39. The van der Waals surface area contributed by atoms with Crippen LogP contribution in [0.15, 0.2) is 194 Å². The molecule has 0 aliphatic heterocycles. The largest absolute Gasteiger partial charge is 0.310 e. The second-order valence-electron chi connectivity index (χ2n) is 21.7. The van der Waals surface area contributed by atoms with Gasteiger partial charge in [-0.2, -0.15) is 0 Å². The third-order valence-corrected chi connectivity index (χ3v) is 18.6. The molecule has 7 unspecified atom stereocenters. The number of hydrogen-bond donors (Lipinski definition) is 0. The Morgan fingerprint density at radius 3 is 1.63 bits per heavy atom. The summed E-state index contributed by atoms with van der Waals surface area (Å²) in [6, 6.07) is 74.2. The SMILES string of the molecule is c1ccc(N(c2ccc(C34CC5CCC3CC(C5)C4)cc2)c2cccc3c2C24c5c(cccc5N(c5ccccc5)c5ccc6c7ccccc7n(-c7ccccc7)c6c5)CC2CCC4C3)cc1. The minimum absolute atomic E-state index is 0.125. The van der Waals surface area contributed by atoms with Crippen molar-refractivity contribution in [2.24, 2.45) is 29.6 Å². The predicted octanol–water partition coefficient (Wildman–Crippen LogP) is 16.6. The number of fused-ring (bicyclic) bond motifs is 7. The zero-order chi connectivity index (χ0) is 44.6. The van der Waals surface area contributed by atoms with Crippen molar-refractivity contribution in [3.05, 3.63) is 222 Å². The first-order chi connectivity index (χ1) is 33.7. The Balaban J connectivity index is 0.925. The molecule has 3 bridgehead atoms. The van der Waals surface area contributed by atoms with Gasteiger partial charge in [-0.05, 0) is 199 Å². The van der Waals surface area contributed by atoms with Crippen LogP contribution in [0.2, 0.25) is 0 Å². The fraction of sp³-hybridized carbons (Fsp3) is 0.262. The molecule has 4 saturated carbocycles. The molecule has 15 rings (SSSR count). The van der Waals surface area contributed by atoms with Crippen LogP contribution in [0.3, 0.4) is 0 Å². The molecule has 0 radical (unpaired) electrons. The van der Waals surface area contributed by atoms with Crippen LogP contribution in [0.1, 0.15) is 79.2 Å². The Kier molecular flexibility index (Phi) is 8.54. The molecule has 0 N–H and O–H groups in total. The molecule has 1 aromatic heterocycles. The Bertz CT molecular complexity index is 3400. The van der Waals surface area contributed by atoms with E-state index in [1.54, 1.807) is 16.7 Å². The van der Waals surface area contributed by atoms with E-state index in [0.29, 0.717) is 17.3 Å². The first-order valence-electron chi connectivity index (χ1n) is 25.8. The molecule has 6 aliphatic carbocycles. The van der Waals surface area contributed by atoms with E-state index in [1.165, 1.54) is 124 Å². The van der Waals surface area contributed by atoms with Gasteiger partial charge in [0.25, 0.3) is 0 Å². The van der Waals surface area contributed by atoms with Gasteiger partial charge >= 0.3 is 0 Å². The van der Waals surface area contributed by atoms with Gasteiger partial charge in [-0.25, -0.2) is 0 Å². The van der Waals surface area contributed by atoms with Crippen LogP contribution < -0.4 is 9.80 Å². The number of hydrogen-bond acceptors (Lipinski definition) is 2. The second-order valence-corrected chi connectivity index (χ2v) is 21.7. The number of para-hydroxylation sites is 4. The topological polar surface area (TPSA) is 11.4 Å². The summed E-state index contributed by atoms with van der Waals surface area (Å²) in [6.07, 6.45) is 13.4. The van der Waals surface area contributed by atoms with Gasteiger partial charge in [-0.15, -0.1) is 0 Å². The first kappa shape index (κ1) is 39.2. The summed E-state index contributed by atoms with van der Waals surface area (Å²) in [4.78, 5) is 5.25. The van der Waals surface area contributed by atoms with Crippen molar-refractivity contribution in [1.82, 2.24) is 4.57 Å². The fourth-order valence-corrected chi connectivity index (χ4v) is 16.3. The van der Waals surface area contributed by atoms with E-state index in [0.717, 1.165) is 30.6 Å². The van der Waals surface area contributed by atoms with Gasteiger partial charge in [-0.1, -0.05) is 122 Å². The van der Waals surface area contributed by atoms with E-state index in [2.05, 4.69) is 208 Å². The number of anilines is 6. The molecule has 0 amide bonds. The first-order valence-corrected chi connectivity index (χ1v) is 25.8. The molecule has 332 valence electrons. The van der Waals surface area contributed by atoms with Crippen molar-refractivity contribution in [3.8, 4) is 5.69 Å². The highest BCUT2D eigenvalue weighted by atomic mass is 15.2. The van der Waals surface area contributed by atoms with Gasteiger partial charge < -0.3 is 14.4 Å². The van der Waals surface area contributed by atoms with E-state index in [4.69, 9.17) is 0 Å². The molecule has 3 nitrogen and oxygen atoms in total. The lowest BCUT2D eigenvalue weighted by molar-refractivity contribution is 0.135. The van der Waals surface area contributed by atoms with Crippen LogP contribution in [0.5, 0.6) is 0 Å². The lowest BCUT2D eigenvalue weighted by atomic mass is 9.58. The Morgan fingerprint density at radius 1 is 0.412 bits per heavy atom. The normalized spacial score (nSPS) is 25.9. The molecule has 3 heteroatoms. The Labute approximate surface area is 400 Å². The van der Waals surface area contributed by atoms with Crippen LogP contribution >= 0.6 is 0 Å². The standard InChI is InChI=1S/C65H57N3/c1-4-16-51(17-5-1)66(54-32-30-47(31-33-54)64-41-43-26-27-48(64)37-44(36-43)42-64)59-24-12-14-45-38-49-28-29-50-39-46-15-13-25-60(63(46)65(49,50)62(45)59)67(52-18-6-2-7-19-52)55-34-35-57-56-22-10-11-23-58(56)68(61(57)40-55)53-20-8-3-9-21-53/h1-25,30-35,40,43-44,48-50H,26-29,36-39,41-42H2. The van der Waals surface area contributed by atoms with Gasteiger partial charge in [0.05, 0.1) is 22.4 Å².